The standard InChI is InChI=1S/C16H22F3NO3/c1-15(2,3)23-14(22)20-12(13(21)16(17,18)19)10-9-11-7-5-4-6-8-11/h4-8,12-13,21H,9-10H2,1-3H3,(H,20,22)/t12-,13+/m1/s1. The van der Waals surface area contributed by atoms with Gasteiger partial charge in [0.2, 0.25) is 0 Å². The van der Waals surface area contributed by atoms with E-state index in [0.29, 0.717) is 0 Å². The number of halogens is 3. The quantitative estimate of drug-likeness (QED) is 0.868. The van der Waals surface area contributed by atoms with Crippen LogP contribution in [0.3, 0.4) is 0 Å². The monoisotopic (exact) mass is 333 g/mol. The Labute approximate surface area is 133 Å². The summed E-state index contributed by atoms with van der Waals surface area (Å²) < 4.78 is 43.3. The van der Waals surface area contributed by atoms with Gasteiger partial charge >= 0.3 is 12.3 Å². The third kappa shape index (κ3) is 7.36. The molecular weight excluding hydrogens is 311 g/mol. The first-order valence-electron chi connectivity index (χ1n) is 7.27. The number of alkyl halides is 3. The minimum Gasteiger partial charge on any atom is -0.444 e. The molecule has 0 aliphatic rings. The largest absolute Gasteiger partial charge is 0.444 e. The van der Waals surface area contributed by atoms with Gasteiger partial charge in [0.15, 0.2) is 6.10 Å². The van der Waals surface area contributed by atoms with Crippen LogP contribution in [0, 0.1) is 0 Å². The van der Waals surface area contributed by atoms with Gasteiger partial charge in [-0.25, -0.2) is 4.79 Å². The molecule has 0 saturated heterocycles. The van der Waals surface area contributed by atoms with Gasteiger partial charge in [-0.1, -0.05) is 30.3 Å². The number of hydrogen-bond donors (Lipinski definition) is 2. The van der Waals surface area contributed by atoms with Crippen molar-refractivity contribution in [3.8, 4) is 0 Å². The van der Waals surface area contributed by atoms with Gasteiger partial charge in [0.25, 0.3) is 0 Å². The summed E-state index contributed by atoms with van der Waals surface area (Å²) in [4.78, 5) is 11.7. The van der Waals surface area contributed by atoms with Gasteiger partial charge in [0.1, 0.15) is 5.60 Å². The number of carbonyl (C=O) groups is 1. The number of carbonyl (C=O) groups excluding carboxylic acids is 1. The summed E-state index contributed by atoms with van der Waals surface area (Å²) in [5.74, 6) is 0. The molecule has 0 spiro atoms. The molecule has 1 amide bonds. The Morgan fingerprint density at radius 2 is 1.78 bits per heavy atom. The van der Waals surface area contributed by atoms with Gasteiger partial charge in [-0.2, -0.15) is 13.2 Å². The van der Waals surface area contributed by atoms with Crippen LogP contribution in [0.5, 0.6) is 0 Å². The van der Waals surface area contributed by atoms with Crippen molar-refractivity contribution in [1.82, 2.24) is 5.32 Å². The maximum atomic E-state index is 12.8. The predicted octanol–water partition coefficient (Wildman–Crippen LogP) is 3.44. The van der Waals surface area contributed by atoms with Crippen molar-refractivity contribution in [2.45, 2.75) is 57.5 Å². The molecule has 0 fully saturated rings. The summed E-state index contributed by atoms with van der Waals surface area (Å²) in [5, 5.41) is 11.6. The van der Waals surface area contributed by atoms with E-state index >= 15 is 0 Å². The van der Waals surface area contributed by atoms with Crippen LogP contribution in [-0.2, 0) is 11.2 Å². The van der Waals surface area contributed by atoms with E-state index in [0.717, 1.165) is 5.56 Å². The summed E-state index contributed by atoms with van der Waals surface area (Å²) in [6, 6.07) is 7.39. The Morgan fingerprint density at radius 1 is 1.22 bits per heavy atom. The van der Waals surface area contributed by atoms with E-state index in [2.05, 4.69) is 5.32 Å². The fourth-order valence-corrected chi connectivity index (χ4v) is 1.96. The average molecular weight is 333 g/mol. The zero-order valence-corrected chi connectivity index (χ0v) is 13.4. The number of alkyl carbamates (subject to hydrolysis) is 1. The number of rotatable bonds is 5. The Bertz CT molecular complexity index is 498. The van der Waals surface area contributed by atoms with E-state index in [1.807, 2.05) is 0 Å². The number of ether oxygens (including phenoxy) is 1. The average Bonchev–Trinajstić information content (AvgIpc) is 2.40. The molecule has 0 aromatic heterocycles. The van der Waals surface area contributed by atoms with E-state index in [-0.39, 0.29) is 12.8 Å². The van der Waals surface area contributed by atoms with Crippen LogP contribution in [0.4, 0.5) is 18.0 Å². The van der Waals surface area contributed by atoms with Crippen LogP contribution in [0.15, 0.2) is 30.3 Å². The van der Waals surface area contributed by atoms with Crippen molar-refractivity contribution in [1.29, 1.82) is 0 Å². The van der Waals surface area contributed by atoms with Crippen LogP contribution in [-0.4, -0.2) is 35.1 Å². The van der Waals surface area contributed by atoms with Crippen LogP contribution < -0.4 is 5.32 Å². The molecule has 1 aromatic carbocycles. The molecule has 1 rings (SSSR count). The molecule has 23 heavy (non-hydrogen) atoms. The zero-order chi connectivity index (χ0) is 17.7. The fraction of sp³-hybridized carbons (Fsp3) is 0.562. The molecule has 0 heterocycles. The molecule has 2 N–H and O–H groups in total. The van der Waals surface area contributed by atoms with E-state index in [4.69, 9.17) is 4.74 Å². The number of aliphatic hydroxyl groups excluding tert-OH is 1. The predicted molar refractivity (Wildman–Crippen MR) is 80.0 cm³/mol. The number of nitrogens with one attached hydrogen (secondary N) is 1. The van der Waals surface area contributed by atoms with Crippen molar-refractivity contribution in [2.75, 3.05) is 0 Å². The SMILES string of the molecule is CC(C)(C)OC(=O)N[C@H](CCc1ccccc1)[C@H](O)C(F)(F)F. The Balaban J connectivity index is 2.75. The summed E-state index contributed by atoms with van der Waals surface area (Å²) in [7, 11) is 0. The highest BCUT2D eigenvalue weighted by atomic mass is 19.4. The maximum Gasteiger partial charge on any atom is 0.416 e. The molecule has 0 saturated carbocycles. The molecule has 0 bridgehead atoms. The van der Waals surface area contributed by atoms with Gasteiger partial charge in [-0.15, -0.1) is 0 Å². The summed E-state index contributed by atoms with van der Waals surface area (Å²) >= 11 is 0. The molecule has 0 radical (unpaired) electrons. The first-order chi connectivity index (χ1) is 10.5. The number of benzene rings is 1. The molecular formula is C16H22F3NO3. The summed E-state index contributed by atoms with van der Waals surface area (Å²) in [5.41, 5.74) is -0.0186. The summed E-state index contributed by atoms with van der Waals surface area (Å²) in [6.07, 6.45) is -8.24. The van der Waals surface area contributed by atoms with Gasteiger partial charge < -0.3 is 15.2 Å². The van der Waals surface area contributed by atoms with Gasteiger partial charge in [-0.3, -0.25) is 0 Å². The van der Waals surface area contributed by atoms with Crippen molar-refractivity contribution in [2.24, 2.45) is 0 Å². The number of hydrogen-bond acceptors (Lipinski definition) is 3. The smallest absolute Gasteiger partial charge is 0.416 e. The molecule has 4 nitrogen and oxygen atoms in total. The lowest BCUT2D eigenvalue weighted by Gasteiger charge is -2.27. The number of amides is 1. The molecule has 2 atom stereocenters. The lowest BCUT2D eigenvalue weighted by atomic mass is 10.0. The van der Waals surface area contributed by atoms with Gasteiger partial charge in [0.05, 0.1) is 6.04 Å². The van der Waals surface area contributed by atoms with Crippen molar-refractivity contribution in [3.63, 3.8) is 0 Å². The van der Waals surface area contributed by atoms with E-state index in [1.54, 1.807) is 51.1 Å². The van der Waals surface area contributed by atoms with Crippen LogP contribution in [0.2, 0.25) is 0 Å². The van der Waals surface area contributed by atoms with Gasteiger partial charge in [-0.05, 0) is 39.2 Å². The summed E-state index contributed by atoms with van der Waals surface area (Å²) in [6.45, 7) is 4.81. The van der Waals surface area contributed by atoms with Crippen LogP contribution in [0.25, 0.3) is 0 Å². The number of aliphatic hydroxyl groups is 1. The Kier molecular flexibility index (Phi) is 6.44. The Morgan fingerprint density at radius 3 is 2.26 bits per heavy atom. The van der Waals surface area contributed by atoms with Crippen molar-refractivity contribution >= 4 is 6.09 Å². The minimum absolute atomic E-state index is 0.0655. The highest BCUT2D eigenvalue weighted by molar-refractivity contribution is 5.68. The third-order valence-electron chi connectivity index (χ3n) is 3.01. The maximum absolute atomic E-state index is 12.8. The second kappa shape index (κ2) is 7.68. The number of aryl methyl sites for hydroxylation is 1. The lowest BCUT2D eigenvalue weighted by Crippen LogP contribution is -2.51. The van der Waals surface area contributed by atoms with Crippen LogP contribution >= 0.6 is 0 Å². The molecule has 130 valence electrons. The first-order valence-corrected chi connectivity index (χ1v) is 7.27. The third-order valence-corrected chi connectivity index (χ3v) is 3.01. The molecule has 1 aromatic rings. The highest BCUT2D eigenvalue weighted by Gasteiger charge is 2.44. The van der Waals surface area contributed by atoms with E-state index < -0.39 is 30.0 Å². The second-order valence-electron chi connectivity index (χ2n) is 6.26. The van der Waals surface area contributed by atoms with E-state index in [1.165, 1.54) is 0 Å². The molecule has 0 aliphatic carbocycles. The van der Waals surface area contributed by atoms with Crippen LogP contribution in [0.1, 0.15) is 32.8 Å². The topological polar surface area (TPSA) is 58.6 Å². The van der Waals surface area contributed by atoms with Crippen molar-refractivity contribution in [3.05, 3.63) is 35.9 Å². The molecule has 7 heteroatoms. The molecule has 0 unspecified atom stereocenters. The minimum atomic E-state index is -4.82. The lowest BCUT2D eigenvalue weighted by molar-refractivity contribution is -0.212. The normalized spacial score (nSPS) is 14.9. The Hall–Kier alpha value is -1.76. The second-order valence-corrected chi connectivity index (χ2v) is 6.26. The zero-order valence-electron chi connectivity index (χ0n) is 13.4. The fourth-order valence-electron chi connectivity index (χ4n) is 1.96. The van der Waals surface area contributed by atoms with E-state index in [9.17, 15) is 23.1 Å². The van der Waals surface area contributed by atoms with Crippen molar-refractivity contribution < 1.29 is 27.8 Å². The first kappa shape index (κ1) is 19.3. The van der Waals surface area contributed by atoms with Gasteiger partial charge in [0, 0.05) is 0 Å². The highest BCUT2D eigenvalue weighted by Crippen LogP contribution is 2.24. The molecule has 0 aliphatic heterocycles.